The molecule has 2 heterocycles. The number of aryl methyl sites for hydroxylation is 1. The van der Waals surface area contributed by atoms with Gasteiger partial charge in [0.2, 0.25) is 5.95 Å². The summed E-state index contributed by atoms with van der Waals surface area (Å²) in [7, 11) is 0. The number of rotatable bonds is 3. The second-order valence-corrected chi connectivity index (χ2v) is 5.07. The maximum absolute atomic E-state index is 5.62. The van der Waals surface area contributed by atoms with Gasteiger partial charge in [-0.05, 0) is 19.1 Å². The Kier molecular flexibility index (Phi) is 3.23. The van der Waals surface area contributed by atoms with Gasteiger partial charge in [-0.2, -0.15) is 0 Å². The molecule has 3 N–H and O–H groups in total. The number of benzene rings is 1. The molecule has 3 rings (SSSR count). The third-order valence-corrected chi connectivity index (χ3v) is 3.32. The van der Waals surface area contributed by atoms with Crippen molar-refractivity contribution in [1.82, 2.24) is 9.97 Å². The highest BCUT2D eigenvalue weighted by Crippen LogP contribution is 2.33. The van der Waals surface area contributed by atoms with Crippen LogP contribution in [0.5, 0.6) is 5.75 Å². The van der Waals surface area contributed by atoms with Gasteiger partial charge in [-0.15, -0.1) is 0 Å². The largest absolute Gasteiger partial charge is 0.491 e. The van der Waals surface area contributed by atoms with E-state index in [1.165, 1.54) is 0 Å². The number of fused-ring (bicyclic) bond motifs is 1. The minimum Gasteiger partial charge on any atom is -0.491 e. The topological polar surface area (TPSA) is 73.1 Å². The van der Waals surface area contributed by atoms with Crippen molar-refractivity contribution in [3.8, 4) is 5.75 Å². The van der Waals surface area contributed by atoms with Crippen molar-refractivity contribution in [3.05, 3.63) is 47.3 Å². The molecule has 2 aromatic rings. The SMILES string of the molecule is Cc1cc(C(N)=S)nc(NC2COc3ccccc32)n1. The summed E-state index contributed by atoms with van der Waals surface area (Å²) >= 11 is 4.96. The van der Waals surface area contributed by atoms with Crippen LogP contribution in [0.3, 0.4) is 0 Å². The summed E-state index contributed by atoms with van der Waals surface area (Å²) < 4.78 is 5.62. The van der Waals surface area contributed by atoms with Crippen LogP contribution in [0.2, 0.25) is 0 Å². The van der Waals surface area contributed by atoms with Gasteiger partial charge in [0.05, 0.1) is 6.04 Å². The van der Waals surface area contributed by atoms with Gasteiger partial charge in [0, 0.05) is 11.3 Å². The fourth-order valence-corrected chi connectivity index (χ4v) is 2.30. The Morgan fingerprint density at radius 2 is 2.20 bits per heavy atom. The maximum atomic E-state index is 5.62. The van der Waals surface area contributed by atoms with E-state index in [0.29, 0.717) is 18.2 Å². The van der Waals surface area contributed by atoms with E-state index in [1.54, 1.807) is 6.07 Å². The highest BCUT2D eigenvalue weighted by atomic mass is 32.1. The smallest absolute Gasteiger partial charge is 0.224 e. The molecule has 1 aromatic heterocycles. The van der Waals surface area contributed by atoms with Crippen LogP contribution in [0.25, 0.3) is 0 Å². The van der Waals surface area contributed by atoms with Crippen molar-refractivity contribution in [2.75, 3.05) is 11.9 Å². The summed E-state index contributed by atoms with van der Waals surface area (Å²) in [6, 6.07) is 9.73. The van der Waals surface area contributed by atoms with E-state index in [1.807, 2.05) is 31.2 Å². The highest BCUT2D eigenvalue weighted by Gasteiger charge is 2.24. The monoisotopic (exact) mass is 286 g/mol. The summed E-state index contributed by atoms with van der Waals surface area (Å²) in [5.41, 5.74) is 8.12. The zero-order valence-electron chi connectivity index (χ0n) is 11.0. The van der Waals surface area contributed by atoms with E-state index in [0.717, 1.165) is 17.0 Å². The summed E-state index contributed by atoms with van der Waals surface area (Å²) in [5.74, 6) is 1.41. The number of anilines is 1. The first-order valence-corrected chi connectivity index (χ1v) is 6.68. The molecule has 0 aliphatic carbocycles. The molecule has 0 saturated carbocycles. The van der Waals surface area contributed by atoms with Gasteiger partial charge in [-0.3, -0.25) is 0 Å². The molecule has 1 aliphatic heterocycles. The van der Waals surface area contributed by atoms with E-state index >= 15 is 0 Å². The lowest BCUT2D eigenvalue weighted by Crippen LogP contribution is -2.18. The van der Waals surface area contributed by atoms with Crippen LogP contribution in [-0.2, 0) is 0 Å². The van der Waals surface area contributed by atoms with Gasteiger partial charge in [0.1, 0.15) is 23.0 Å². The van der Waals surface area contributed by atoms with Gasteiger partial charge >= 0.3 is 0 Å². The van der Waals surface area contributed by atoms with Crippen molar-refractivity contribution in [3.63, 3.8) is 0 Å². The molecule has 0 fully saturated rings. The highest BCUT2D eigenvalue weighted by molar-refractivity contribution is 7.80. The average molecular weight is 286 g/mol. The predicted octanol–water partition coefficient (Wildman–Crippen LogP) is 1.96. The third kappa shape index (κ3) is 2.42. The molecule has 1 aliphatic rings. The van der Waals surface area contributed by atoms with Crippen molar-refractivity contribution in [1.29, 1.82) is 0 Å². The molecule has 0 amide bonds. The second kappa shape index (κ2) is 5.05. The first-order chi connectivity index (χ1) is 9.63. The van der Waals surface area contributed by atoms with Crippen molar-refractivity contribution < 1.29 is 4.74 Å². The molecule has 5 nitrogen and oxygen atoms in total. The third-order valence-electron chi connectivity index (χ3n) is 3.11. The van der Waals surface area contributed by atoms with Crippen LogP contribution in [0, 0.1) is 6.92 Å². The Balaban J connectivity index is 1.88. The van der Waals surface area contributed by atoms with Crippen LogP contribution < -0.4 is 15.8 Å². The van der Waals surface area contributed by atoms with Crippen LogP contribution in [0.4, 0.5) is 5.95 Å². The Morgan fingerprint density at radius 1 is 1.40 bits per heavy atom. The number of hydrogen-bond donors (Lipinski definition) is 2. The van der Waals surface area contributed by atoms with Gasteiger partial charge in [0.15, 0.2) is 0 Å². The quantitative estimate of drug-likeness (QED) is 0.840. The van der Waals surface area contributed by atoms with Crippen LogP contribution >= 0.6 is 12.2 Å². The van der Waals surface area contributed by atoms with Gasteiger partial charge in [-0.25, -0.2) is 9.97 Å². The normalized spacial score (nSPS) is 16.4. The lowest BCUT2D eigenvalue weighted by molar-refractivity contribution is 0.339. The molecule has 1 aromatic carbocycles. The number of nitrogens with two attached hydrogens (primary N) is 1. The Hall–Kier alpha value is -2.21. The molecule has 0 saturated heterocycles. The molecule has 0 bridgehead atoms. The van der Waals surface area contributed by atoms with Crippen LogP contribution in [-0.4, -0.2) is 21.6 Å². The lowest BCUT2D eigenvalue weighted by Gasteiger charge is -2.12. The molecular formula is C14H14N4OS. The van der Waals surface area contributed by atoms with Crippen molar-refractivity contribution in [2.24, 2.45) is 5.73 Å². The number of aromatic nitrogens is 2. The Labute approximate surface area is 122 Å². The number of nitrogens with zero attached hydrogens (tertiary/aromatic N) is 2. The van der Waals surface area contributed by atoms with Gasteiger partial charge < -0.3 is 15.8 Å². The molecule has 20 heavy (non-hydrogen) atoms. The Morgan fingerprint density at radius 3 is 3.00 bits per heavy atom. The molecule has 102 valence electrons. The summed E-state index contributed by atoms with van der Waals surface area (Å²) in [4.78, 5) is 8.95. The average Bonchev–Trinajstić information content (AvgIpc) is 2.82. The van der Waals surface area contributed by atoms with Crippen LogP contribution in [0.15, 0.2) is 30.3 Å². The number of para-hydroxylation sites is 1. The van der Waals surface area contributed by atoms with Gasteiger partial charge in [-0.1, -0.05) is 30.4 Å². The molecule has 0 radical (unpaired) electrons. The molecule has 6 heteroatoms. The minimum atomic E-state index is 0.0344. The number of ether oxygens (including phenoxy) is 1. The van der Waals surface area contributed by atoms with Gasteiger partial charge in [0.25, 0.3) is 0 Å². The molecular weight excluding hydrogens is 272 g/mol. The van der Waals surface area contributed by atoms with E-state index in [2.05, 4.69) is 15.3 Å². The number of nitrogens with one attached hydrogen (secondary N) is 1. The van der Waals surface area contributed by atoms with Crippen molar-refractivity contribution in [2.45, 2.75) is 13.0 Å². The van der Waals surface area contributed by atoms with E-state index in [9.17, 15) is 0 Å². The lowest BCUT2D eigenvalue weighted by atomic mass is 10.1. The fraction of sp³-hybridized carbons (Fsp3) is 0.214. The first kappa shape index (κ1) is 12.8. The summed E-state index contributed by atoms with van der Waals surface area (Å²) in [6.07, 6.45) is 0. The number of thiocarbonyl (C=S) groups is 1. The molecule has 1 unspecified atom stereocenters. The molecule has 1 atom stereocenters. The van der Waals surface area contributed by atoms with Crippen molar-refractivity contribution >= 4 is 23.2 Å². The van der Waals surface area contributed by atoms with E-state index in [4.69, 9.17) is 22.7 Å². The standard InChI is InChI=1S/C14H14N4OS/c1-8-6-10(13(15)20)17-14(16-8)18-11-7-19-12-5-3-2-4-9(11)12/h2-6,11H,7H2,1H3,(H2,15,20)(H,16,17,18). The van der Waals surface area contributed by atoms with E-state index in [-0.39, 0.29) is 11.0 Å². The second-order valence-electron chi connectivity index (χ2n) is 4.63. The first-order valence-electron chi connectivity index (χ1n) is 6.27. The minimum absolute atomic E-state index is 0.0344. The number of hydrogen-bond acceptors (Lipinski definition) is 5. The molecule has 0 spiro atoms. The summed E-state index contributed by atoms with van der Waals surface area (Å²) in [5, 5.41) is 3.27. The summed E-state index contributed by atoms with van der Waals surface area (Å²) in [6.45, 7) is 2.44. The maximum Gasteiger partial charge on any atom is 0.224 e. The predicted molar refractivity (Wildman–Crippen MR) is 81.0 cm³/mol. The zero-order valence-corrected chi connectivity index (χ0v) is 11.8. The fourth-order valence-electron chi connectivity index (χ4n) is 2.20. The zero-order chi connectivity index (χ0) is 14.1. The van der Waals surface area contributed by atoms with Crippen LogP contribution in [0.1, 0.15) is 23.0 Å². The Bertz CT molecular complexity index is 674. The van der Waals surface area contributed by atoms with E-state index < -0.39 is 0 Å².